The van der Waals surface area contributed by atoms with E-state index >= 15 is 0 Å². The maximum Gasteiger partial charge on any atom is 0.534 e. The average molecular weight is 346 g/mol. The van der Waals surface area contributed by atoms with Gasteiger partial charge in [-0.15, -0.1) is 0 Å². The van der Waals surface area contributed by atoms with Crippen molar-refractivity contribution in [2.24, 2.45) is 0 Å². The van der Waals surface area contributed by atoms with Crippen LogP contribution in [0, 0.1) is 0 Å². The van der Waals surface area contributed by atoms with Gasteiger partial charge in [0.05, 0.1) is 5.56 Å². The number of aromatic carboxylic acids is 1. The zero-order valence-corrected chi connectivity index (χ0v) is 12.1. The highest BCUT2D eigenvalue weighted by molar-refractivity contribution is 7.88. The third-order valence-electron chi connectivity index (χ3n) is 2.81. The lowest BCUT2D eigenvalue weighted by molar-refractivity contribution is -0.0500. The molecule has 9 heteroatoms. The lowest BCUT2D eigenvalue weighted by atomic mass is 10.0. The minimum Gasteiger partial charge on any atom is -0.478 e. The van der Waals surface area contributed by atoms with Gasteiger partial charge in [0.25, 0.3) is 0 Å². The number of alkyl halides is 3. The maximum atomic E-state index is 12.2. The van der Waals surface area contributed by atoms with Gasteiger partial charge in [0.1, 0.15) is 5.75 Å². The number of halogens is 3. The van der Waals surface area contributed by atoms with Crippen molar-refractivity contribution in [3.63, 3.8) is 0 Å². The number of carboxylic acids is 1. The standard InChI is InChI=1S/C14H9F3O5S/c15-14(16,17)23(20,21)22-12-7-5-10(6-8-12)9-1-3-11(4-2-9)13(18)19/h1-8H,(H,18,19). The van der Waals surface area contributed by atoms with Gasteiger partial charge in [-0.25, -0.2) is 4.79 Å². The van der Waals surface area contributed by atoms with E-state index in [1.54, 1.807) is 0 Å². The van der Waals surface area contributed by atoms with Crippen LogP contribution in [0.25, 0.3) is 11.1 Å². The van der Waals surface area contributed by atoms with Crippen molar-refractivity contribution in [2.75, 3.05) is 0 Å². The van der Waals surface area contributed by atoms with Gasteiger partial charge >= 0.3 is 21.6 Å². The number of rotatable bonds is 4. The predicted octanol–water partition coefficient (Wildman–Crippen LogP) is 3.28. The first kappa shape index (κ1) is 16.8. The van der Waals surface area contributed by atoms with Crippen molar-refractivity contribution in [2.45, 2.75) is 5.51 Å². The van der Waals surface area contributed by atoms with Gasteiger partial charge in [0.15, 0.2) is 0 Å². The van der Waals surface area contributed by atoms with E-state index in [-0.39, 0.29) is 5.56 Å². The molecule has 0 aliphatic rings. The smallest absolute Gasteiger partial charge is 0.478 e. The summed E-state index contributed by atoms with van der Waals surface area (Å²) in [5.74, 6) is -1.56. The van der Waals surface area contributed by atoms with Gasteiger partial charge < -0.3 is 9.29 Å². The van der Waals surface area contributed by atoms with E-state index in [4.69, 9.17) is 5.11 Å². The Balaban J connectivity index is 2.21. The maximum absolute atomic E-state index is 12.2. The third kappa shape index (κ3) is 3.81. The van der Waals surface area contributed by atoms with Gasteiger partial charge in [-0.2, -0.15) is 21.6 Å². The van der Waals surface area contributed by atoms with Crippen molar-refractivity contribution in [1.82, 2.24) is 0 Å². The Kier molecular flexibility index (Phi) is 4.33. The quantitative estimate of drug-likeness (QED) is 0.679. The molecule has 0 saturated carbocycles. The highest BCUT2D eigenvalue weighted by Gasteiger charge is 2.48. The Morgan fingerprint density at radius 1 is 0.913 bits per heavy atom. The molecular weight excluding hydrogens is 337 g/mol. The van der Waals surface area contributed by atoms with Crippen LogP contribution in [-0.2, 0) is 10.1 Å². The fourth-order valence-corrected chi connectivity index (χ4v) is 2.14. The second-order valence-electron chi connectivity index (χ2n) is 4.39. The van der Waals surface area contributed by atoms with Crippen molar-refractivity contribution in [1.29, 1.82) is 0 Å². The normalized spacial score (nSPS) is 12.0. The Morgan fingerprint density at radius 3 is 1.74 bits per heavy atom. The lowest BCUT2D eigenvalue weighted by Crippen LogP contribution is -2.28. The van der Waals surface area contributed by atoms with Gasteiger partial charge in [-0.05, 0) is 35.4 Å². The summed E-state index contributed by atoms with van der Waals surface area (Å²) in [4.78, 5) is 10.7. The first-order valence-corrected chi connectivity index (χ1v) is 7.45. The lowest BCUT2D eigenvalue weighted by Gasteiger charge is -2.10. The molecule has 0 aliphatic heterocycles. The largest absolute Gasteiger partial charge is 0.534 e. The molecule has 122 valence electrons. The Hall–Kier alpha value is -2.55. The van der Waals surface area contributed by atoms with Crippen LogP contribution < -0.4 is 4.18 Å². The van der Waals surface area contributed by atoms with Crippen LogP contribution >= 0.6 is 0 Å². The summed E-state index contributed by atoms with van der Waals surface area (Å²) in [5, 5.41) is 8.79. The van der Waals surface area contributed by atoms with E-state index in [1.165, 1.54) is 36.4 Å². The van der Waals surface area contributed by atoms with Gasteiger partial charge in [0.2, 0.25) is 0 Å². The molecular formula is C14H9F3O5S. The molecule has 1 N–H and O–H groups in total. The van der Waals surface area contributed by atoms with E-state index < -0.39 is 27.3 Å². The van der Waals surface area contributed by atoms with Crippen molar-refractivity contribution in [3.05, 3.63) is 54.1 Å². The molecule has 0 aliphatic carbocycles. The van der Waals surface area contributed by atoms with Crippen LogP contribution in [0.5, 0.6) is 5.75 Å². The molecule has 0 aromatic heterocycles. The summed E-state index contributed by atoms with van der Waals surface area (Å²) in [5.41, 5.74) is -4.25. The van der Waals surface area contributed by atoms with Crippen molar-refractivity contribution < 1.29 is 35.7 Å². The average Bonchev–Trinajstić information content (AvgIpc) is 2.46. The fourth-order valence-electron chi connectivity index (χ4n) is 1.68. The molecule has 2 rings (SSSR count). The van der Waals surface area contributed by atoms with Crippen molar-refractivity contribution in [3.8, 4) is 16.9 Å². The molecule has 0 bridgehead atoms. The fraction of sp³-hybridized carbons (Fsp3) is 0.0714. The van der Waals surface area contributed by atoms with Crippen LogP contribution in [-0.4, -0.2) is 25.0 Å². The van der Waals surface area contributed by atoms with Crippen LogP contribution in [0.2, 0.25) is 0 Å². The predicted molar refractivity (Wildman–Crippen MR) is 74.4 cm³/mol. The molecule has 2 aromatic carbocycles. The highest BCUT2D eigenvalue weighted by atomic mass is 32.2. The topological polar surface area (TPSA) is 80.7 Å². The van der Waals surface area contributed by atoms with E-state index in [0.29, 0.717) is 11.1 Å². The molecule has 23 heavy (non-hydrogen) atoms. The summed E-state index contributed by atoms with van der Waals surface area (Å²) >= 11 is 0. The minimum atomic E-state index is -5.71. The zero-order chi connectivity index (χ0) is 17.3. The van der Waals surface area contributed by atoms with Gasteiger partial charge in [-0.3, -0.25) is 0 Å². The molecule has 2 aromatic rings. The summed E-state index contributed by atoms with van der Waals surface area (Å²) in [6.07, 6.45) is 0. The summed E-state index contributed by atoms with van der Waals surface area (Å²) in [7, 11) is -5.71. The summed E-state index contributed by atoms with van der Waals surface area (Å²) in [6, 6.07) is 10.6. The molecule has 0 fully saturated rings. The number of benzene rings is 2. The van der Waals surface area contributed by atoms with Crippen LogP contribution in [0.3, 0.4) is 0 Å². The molecule has 0 spiro atoms. The zero-order valence-electron chi connectivity index (χ0n) is 11.2. The van der Waals surface area contributed by atoms with E-state index in [1.807, 2.05) is 0 Å². The summed E-state index contributed by atoms with van der Waals surface area (Å²) in [6.45, 7) is 0. The monoisotopic (exact) mass is 346 g/mol. The first-order valence-electron chi connectivity index (χ1n) is 6.05. The highest BCUT2D eigenvalue weighted by Crippen LogP contribution is 2.28. The molecule has 0 saturated heterocycles. The van der Waals surface area contributed by atoms with E-state index in [9.17, 15) is 26.4 Å². The van der Waals surface area contributed by atoms with E-state index in [2.05, 4.69) is 4.18 Å². The minimum absolute atomic E-state index is 0.0879. The molecule has 0 atom stereocenters. The molecule has 0 heterocycles. The number of carboxylic acid groups (broad SMARTS) is 1. The second kappa shape index (κ2) is 5.92. The number of hydrogen-bond donors (Lipinski definition) is 1. The Bertz CT molecular complexity index is 809. The summed E-state index contributed by atoms with van der Waals surface area (Å²) < 4.78 is 62.3. The van der Waals surface area contributed by atoms with Gasteiger partial charge in [0, 0.05) is 0 Å². The van der Waals surface area contributed by atoms with E-state index in [0.717, 1.165) is 12.1 Å². The molecule has 0 unspecified atom stereocenters. The number of hydrogen-bond acceptors (Lipinski definition) is 4. The van der Waals surface area contributed by atoms with Crippen LogP contribution in [0.1, 0.15) is 10.4 Å². The Morgan fingerprint density at radius 2 is 1.35 bits per heavy atom. The molecule has 0 amide bonds. The number of carbonyl (C=O) groups is 1. The second-order valence-corrected chi connectivity index (χ2v) is 5.93. The molecule has 0 radical (unpaired) electrons. The van der Waals surface area contributed by atoms with Gasteiger partial charge in [-0.1, -0.05) is 24.3 Å². The Labute approximate surface area is 129 Å². The molecule has 5 nitrogen and oxygen atoms in total. The van der Waals surface area contributed by atoms with Crippen LogP contribution in [0.4, 0.5) is 13.2 Å². The first-order chi connectivity index (χ1) is 10.6. The van der Waals surface area contributed by atoms with Crippen molar-refractivity contribution >= 4 is 16.1 Å². The SMILES string of the molecule is O=C(O)c1ccc(-c2ccc(OS(=O)(=O)C(F)(F)F)cc2)cc1. The van der Waals surface area contributed by atoms with Crippen LogP contribution in [0.15, 0.2) is 48.5 Å². The third-order valence-corrected chi connectivity index (χ3v) is 3.79.